The molecule has 5 heterocycles. The lowest BCUT2D eigenvalue weighted by atomic mass is 10.0. The molecule has 224 valence electrons. The van der Waals surface area contributed by atoms with Gasteiger partial charge in [0, 0.05) is 49.3 Å². The molecule has 3 N–H and O–H groups in total. The minimum Gasteiger partial charge on any atom is -0.383 e. The quantitative estimate of drug-likeness (QED) is 0.244. The Bertz CT molecular complexity index is 2100. The molecule has 11 heteroatoms. The van der Waals surface area contributed by atoms with Crippen molar-refractivity contribution in [3.05, 3.63) is 108 Å². The van der Waals surface area contributed by atoms with Gasteiger partial charge in [0.25, 0.3) is 0 Å². The molecule has 0 unspecified atom stereocenters. The smallest absolute Gasteiger partial charge is 0.234 e. The topological polar surface area (TPSA) is 158 Å². The molecular formula is C35H29N11. The molecule has 1 aliphatic rings. The number of likely N-dealkylation sites (tertiary alicyclic amines) is 1. The van der Waals surface area contributed by atoms with E-state index in [1.54, 1.807) is 30.6 Å². The fourth-order valence-corrected chi connectivity index (χ4v) is 5.81. The predicted molar refractivity (Wildman–Crippen MR) is 175 cm³/mol. The van der Waals surface area contributed by atoms with Crippen LogP contribution in [0.5, 0.6) is 0 Å². The van der Waals surface area contributed by atoms with Crippen LogP contribution >= 0.6 is 0 Å². The second-order valence-electron chi connectivity index (χ2n) is 11.2. The standard InChI is InChI=1S/C35H29N11/c36-20-23-3-7-25(8-4-23)29-11-12-30-35(42-29)46(34(43-30)28-2-1-16-40-33(28)38)27-9-5-24(6-10-27)22-45-18-14-26(15-19-45)41-31-13-17-39-32(21-37)44-31/h1-13,16-17,26H,14-15,18-19,22H2,(H2,38,40)(H,39,41,44). The summed E-state index contributed by atoms with van der Waals surface area (Å²) in [5.41, 5.74) is 12.9. The van der Waals surface area contributed by atoms with Crippen LogP contribution in [0, 0.1) is 22.7 Å². The highest BCUT2D eigenvalue weighted by atomic mass is 15.2. The van der Waals surface area contributed by atoms with E-state index in [0.717, 1.165) is 60.5 Å². The first-order chi connectivity index (χ1) is 22.6. The van der Waals surface area contributed by atoms with Crippen LogP contribution in [-0.4, -0.2) is 53.5 Å². The van der Waals surface area contributed by atoms with E-state index in [1.807, 2.05) is 47.0 Å². The zero-order valence-corrected chi connectivity index (χ0v) is 24.9. The Hall–Kier alpha value is -6.17. The van der Waals surface area contributed by atoms with Gasteiger partial charge in [-0.05, 0) is 73.0 Å². The number of nitrogens with zero attached hydrogens (tertiary/aromatic N) is 9. The Kier molecular flexibility index (Phi) is 7.73. The molecule has 0 atom stereocenters. The number of piperidine rings is 1. The van der Waals surface area contributed by atoms with Gasteiger partial charge < -0.3 is 11.1 Å². The van der Waals surface area contributed by atoms with Crippen molar-refractivity contribution in [1.29, 1.82) is 10.5 Å². The third-order valence-corrected chi connectivity index (χ3v) is 8.19. The number of nitriles is 2. The third kappa shape index (κ3) is 5.83. The lowest BCUT2D eigenvalue weighted by Gasteiger charge is -2.32. The van der Waals surface area contributed by atoms with E-state index in [-0.39, 0.29) is 5.82 Å². The highest BCUT2D eigenvalue weighted by Gasteiger charge is 2.21. The largest absolute Gasteiger partial charge is 0.383 e. The maximum Gasteiger partial charge on any atom is 0.234 e. The van der Waals surface area contributed by atoms with E-state index in [2.05, 4.69) is 55.5 Å². The van der Waals surface area contributed by atoms with Crippen LogP contribution in [0.4, 0.5) is 11.6 Å². The first-order valence-corrected chi connectivity index (χ1v) is 15.0. The summed E-state index contributed by atoms with van der Waals surface area (Å²) in [7, 11) is 0. The van der Waals surface area contributed by atoms with Crippen molar-refractivity contribution < 1.29 is 0 Å². The highest BCUT2D eigenvalue weighted by Crippen LogP contribution is 2.32. The summed E-state index contributed by atoms with van der Waals surface area (Å²) in [6.07, 6.45) is 5.24. The number of nitrogens with two attached hydrogens (primary N) is 1. The summed E-state index contributed by atoms with van der Waals surface area (Å²) in [6, 6.07) is 29.8. The molecule has 1 fully saturated rings. The predicted octanol–water partition coefficient (Wildman–Crippen LogP) is 5.34. The zero-order chi connectivity index (χ0) is 31.5. The number of nitrogen functional groups attached to an aromatic ring is 1. The second kappa shape index (κ2) is 12.4. The van der Waals surface area contributed by atoms with Crippen molar-refractivity contribution in [2.75, 3.05) is 24.1 Å². The highest BCUT2D eigenvalue weighted by molar-refractivity contribution is 5.84. The van der Waals surface area contributed by atoms with Crippen LogP contribution in [0.3, 0.4) is 0 Å². The molecule has 0 bridgehead atoms. The third-order valence-electron chi connectivity index (χ3n) is 8.19. The number of pyridine rings is 2. The molecule has 0 spiro atoms. The van der Waals surface area contributed by atoms with Crippen molar-refractivity contribution in [1.82, 2.24) is 34.4 Å². The van der Waals surface area contributed by atoms with Gasteiger partial charge in [0.1, 0.15) is 23.2 Å². The summed E-state index contributed by atoms with van der Waals surface area (Å²) in [5.74, 6) is 1.93. The summed E-state index contributed by atoms with van der Waals surface area (Å²) >= 11 is 0. The van der Waals surface area contributed by atoms with Gasteiger partial charge in [-0.2, -0.15) is 10.5 Å². The van der Waals surface area contributed by atoms with E-state index >= 15 is 0 Å². The molecule has 2 aromatic carbocycles. The van der Waals surface area contributed by atoms with Crippen LogP contribution in [0.15, 0.2) is 91.3 Å². The van der Waals surface area contributed by atoms with Gasteiger partial charge in [-0.1, -0.05) is 24.3 Å². The van der Waals surface area contributed by atoms with Crippen LogP contribution in [0.1, 0.15) is 29.8 Å². The number of aromatic nitrogens is 6. The van der Waals surface area contributed by atoms with E-state index in [4.69, 9.17) is 21.0 Å². The average molecular weight is 604 g/mol. The molecule has 0 aliphatic carbocycles. The van der Waals surface area contributed by atoms with Crippen molar-refractivity contribution in [2.24, 2.45) is 0 Å². The molecule has 46 heavy (non-hydrogen) atoms. The van der Waals surface area contributed by atoms with E-state index in [0.29, 0.717) is 34.7 Å². The average Bonchev–Trinajstić information content (AvgIpc) is 3.48. The first-order valence-electron chi connectivity index (χ1n) is 15.0. The lowest BCUT2D eigenvalue weighted by molar-refractivity contribution is 0.211. The number of imidazole rings is 1. The number of nitrogens with one attached hydrogen (secondary N) is 1. The molecule has 1 aliphatic heterocycles. The second-order valence-corrected chi connectivity index (χ2v) is 11.2. The number of rotatable bonds is 7. The van der Waals surface area contributed by atoms with Crippen molar-refractivity contribution >= 4 is 22.8 Å². The first kappa shape index (κ1) is 28.6. The maximum absolute atomic E-state index is 9.21. The molecular weight excluding hydrogens is 574 g/mol. The van der Waals surface area contributed by atoms with Crippen LogP contribution in [0.25, 0.3) is 39.5 Å². The summed E-state index contributed by atoms with van der Waals surface area (Å²) in [4.78, 5) is 24.9. The fraction of sp³-hybridized carbons (Fsp3) is 0.171. The van der Waals surface area contributed by atoms with Crippen LogP contribution in [-0.2, 0) is 6.54 Å². The molecule has 0 radical (unpaired) electrons. The van der Waals surface area contributed by atoms with Crippen LogP contribution in [0.2, 0.25) is 0 Å². The molecule has 0 amide bonds. The van der Waals surface area contributed by atoms with Gasteiger partial charge in [-0.25, -0.2) is 24.9 Å². The monoisotopic (exact) mass is 603 g/mol. The normalized spacial score (nSPS) is 13.7. The molecule has 4 aromatic heterocycles. The Balaban J connectivity index is 1.13. The Labute approximate surface area is 265 Å². The van der Waals surface area contributed by atoms with Crippen molar-refractivity contribution in [3.8, 4) is 40.5 Å². The minimum atomic E-state index is 0.174. The molecule has 1 saturated heterocycles. The lowest BCUT2D eigenvalue weighted by Crippen LogP contribution is -2.38. The van der Waals surface area contributed by atoms with Gasteiger partial charge in [0.05, 0.1) is 22.9 Å². The fourth-order valence-electron chi connectivity index (χ4n) is 5.81. The minimum absolute atomic E-state index is 0.174. The van der Waals surface area contributed by atoms with Gasteiger partial charge in [0.2, 0.25) is 5.82 Å². The Morgan fingerprint density at radius 3 is 2.37 bits per heavy atom. The van der Waals surface area contributed by atoms with Crippen molar-refractivity contribution in [2.45, 2.75) is 25.4 Å². The number of fused-ring (bicyclic) bond motifs is 1. The van der Waals surface area contributed by atoms with E-state index in [9.17, 15) is 5.26 Å². The molecule has 0 saturated carbocycles. The summed E-state index contributed by atoms with van der Waals surface area (Å²) in [6.45, 7) is 2.75. The van der Waals surface area contributed by atoms with Crippen LogP contribution < -0.4 is 11.1 Å². The summed E-state index contributed by atoms with van der Waals surface area (Å²) < 4.78 is 2.03. The van der Waals surface area contributed by atoms with Gasteiger partial charge in [-0.3, -0.25) is 9.47 Å². The SMILES string of the molecule is N#Cc1ccc(-c2ccc3nc(-c4cccnc4N)n(-c4ccc(CN5CCC(Nc6ccnc(C#N)n6)CC5)cc4)c3n2)cc1. The Morgan fingerprint density at radius 1 is 0.826 bits per heavy atom. The number of benzene rings is 2. The number of hydrogen-bond donors (Lipinski definition) is 2. The van der Waals surface area contributed by atoms with Crippen molar-refractivity contribution in [3.63, 3.8) is 0 Å². The number of hydrogen-bond acceptors (Lipinski definition) is 10. The zero-order valence-electron chi connectivity index (χ0n) is 24.9. The van der Waals surface area contributed by atoms with Gasteiger partial charge >= 0.3 is 0 Å². The molecule has 7 rings (SSSR count). The van der Waals surface area contributed by atoms with Gasteiger partial charge in [-0.15, -0.1) is 0 Å². The summed E-state index contributed by atoms with van der Waals surface area (Å²) in [5, 5.41) is 21.7. The molecule has 11 nitrogen and oxygen atoms in total. The maximum atomic E-state index is 9.21. The van der Waals surface area contributed by atoms with E-state index in [1.165, 1.54) is 5.56 Å². The Morgan fingerprint density at radius 2 is 1.63 bits per heavy atom. The molecule has 6 aromatic rings. The van der Waals surface area contributed by atoms with Gasteiger partial charge in [0.15, 0.2) is 11.5 Å². The number of anilines is 2. The van der Waals surface area contributed by atoms with E-state index < -0.39 is 0 Å².